The summed E-state index contributed by atoms with van der Waals surface area (Å²) >= 11 is 0. The van der Waals surface area contributed by atoms with Crippen LogP contribution in [0.25, 0.3) is 0 Å². The Morgan fingerprint density at radius 3 is 2.18 bits per heavy atom. The first-order chi connectivity index (χ1) is 5.50. The van der Waals surface area contributed by atoms with Crippen molar-refractivity contribution in [2.24, 2.45) is 0 Å². The summed E-state index contributed by atoms with van der Waals surface area (Å²) in [6.07, 6.45) is 20.5. The first kappa shape index (κ1) is 8.06. The van der Waals surface area contributed by atoms with E-state index in [0.717, 1.165) is 19.3 Å². The van der Waals surface area contributed by atoms with Gasteiger partial charge in [-0.25, -0.2) is 0 Å². The van der Waals surface area contributed by atoms with Gasteiger partial charge in [-0.15, -0.1) is 0 Å². The van der Waals surface area contributed by atoms with E-state index in [2.05, 4.69) is 48.6 Å². The molecule has 0 aliphatic heterocycles. The van der Waals surface area contributed by atoms with Crippen LogP contribution >= 0.6 is 0 Å². The minimum Gasteiger partial charge on any atom is -0.0879 e. The molecule has 1 rings (SSSR count). The third-order valence-corrected chi connectivity index (χ3v) is 1.54. The van der Waals surface area contributed by atoms with E-state index in [9.17, 15) is 0 Å². The van der Waals surface area contributed by atoms with Crippen molar-refractivity contribution in [2.45, 2.75) is 19.3 Å². The first-order valence-electron chi connectivity index (χ1n) is 4.13. The Morgan fingerprint density at radius 1 is 0.545 bits per heavy atom. The van der Waals surface area contributed by atoms with Gasteiger partial charge in [-0.05, 0) is 19.3 Å². The van der Waals surface area contributed by atoms with E-state index in [1.54, 1.807) is 0 Å². The molecule has 0 bridgehead atoms. The third kappa shape index (κ3) is 4.38. The zero-order chi connectivity index (χ0) is 7.78. The van der Waals surface area contributed by atoms with E-state index in [-0.39, 0.29) is 0 Å². The van der Waals surface area contributed by atoms with Crippen molar-refractivity contribution in [1.82, 2.24) is 0 Å². The van der Waals surface area contributed by atoms with Crippen LogP contribution in [0.15, 0.2) is 48.6 Å². The highest BCUT2D eigenvalue weighted by molar-refractivity contribution is 5.12. The lowest BCUT2D eigenvalue weighted by molar-refractivity contribution is 1.04. The molecule has 58 valence electrons. The predicted molar refractivity (Wildman–Crippen MR) is 50.4 cm³/mol. The van der Waals surface area contributed by atoms with E-state index in [0.29, 0.717) is 0 Å². The topological polar surface area (TPSA) is 0 Å². The van der Waals surface area contributed by atoms with Crippen LogP contribution in [0.2, 0.25) is 0 Å². The van der Waals surface area contributed by atoms with Gasteiger partial charge in [0.05, 0.1) is 0 Å². The van der Waals surface area contributed by atoms with Crippen LogP contribution in [-0.2, 0) is 0 Å². The van der Waals surface area contributed by atoms with Crippen molar-refractivity contribution in [3.63, 3.8) is 0 Å². The van der Waals surface area contributed by atoms with Gasteiger partial charge in [0, 0.05) is 0 Å². The van der Waals surface area contributed by atoms with Gasteiger partial charge < -0.3 is 0 Å². The van der Waals surface area contributed by atoms with E-state index in [1.165, 1.54) is 0 Å². The van der Waals surface area contributed by atoms with Crippen LogP contribution < -0.4 is 0 Å². The highest BCUT2D eigenvalue weighted by atomic mass is 13.8. The molecule has 0 saturated carbocycles. The quantitative estimate of drug-likeness (QED) is 0.459. The van der Waals surface area contributed by atoms with Crippen molar-refractivity contribution in [3.05, 3.63) is 48.6 Å². The third-order valence-electron chi connectivity index (χ3n) is 1.54. The van der Waals surface area contributed by atoms with Gasteiger partial charge in [-0.3, -0.25) is 0 Å². The second kappa shape index (κ2) is 5.72. The first-order valence-corrected chi connectivity index (χ1v) is 4.13. The molecular weight excluding hydrogens is 132 g/mol. The summed E-state index contributed by atoms with van der Waals surface area (Å²) in [6.45, 7) is 0. The lowest BCUT2D eigenvalue weighted by atomic mass is 10.2. The van der Waals surface area contributed by atoms with Crippen molar-refractivity contribution in [2.75, 3.05) is 0 Å². The Balaban J connectivity index is 2.47. The zero-order valence-corrected chi connectivity index (χ0v) is 6.74. The Hall–Kier alpha value is -1.04. The van der Waals surface area contributed by atoms with Crippen molar-refractivity contribution in [3.8, 4) is 0 Å². The largest absolute Gasteiger partial charge is 0.0879 e. The molecule has 0 saturated heterocycles. The smallest absolute Gasteiger partial charge is 0.0166 e. The second-order valence-electron chi connectivity index (χ2n) is 2.53. The number of rotatable bonds is 0. The number of hydrogen-bond acceptors (Lipinski definition) is 0. The van der Waals surface area contributed by atoms with E-state index in [4.69, 9.17) is 0 Å². The molecular formula is C11H14. The van der Waals surface area contributed by atoms with Gasteiger partial charge in [0.15, 0.2) is 0 Å². The Kier molecular flexibility index (Phi) is 4.19. The van der Waals surface area contributed by atoms with Gasteiger partial charge >= 0.3 is 0 Å². The summed E-state index contributed by atoms with van der Waals surface area (Å²) in [5.41, 5.74) is 0. The van der Waals surface area contributed by atoms with Crippen LogP contribution in [-0.4, -0.2) is 0 Å². The van der Waals surface area contributed by atoms with Crippen LogP contribution in [0.1, 0.15) is 19.3 Å². The average Bonchev–Trinajstić information content (AvgIpc) is 2.08. The fraction of sp³-hybridized carbons (Fsp3) is 0.273. The second-order valence-corrected chi connectivity index (χ2v) is 2.53. The van der Waals surface area contributed by atoms with Gasteiger partial charge in [-0.1, -0.05) is 48.6 Å². The fourth-order valence-corrected chi connectivity index (χ4v) is 0.945. The SMILES string of the molecule is C1=CCCC=CC/C=C/C=C\1. The normalized spacial score (nSPS) is 24.0. The molecule has 1 aliphatic rings. The molecule has 0 fully saturated rings. The number of allylic oxidation sites excluding steroid dienone is 8. The summed E-state index contributed by atoms with van der Waals surface area (Å²) in [7, 11) is 0. The molecule has 0 radical (unpaired) electrons. The highest BCUT2D eigenvalue weighted by Crippen LogP contribution is 1.97. The van der Waals surface area contributed by atoms with Crippen molar-refractivity contribution in [1.29, 1.82) is 0 Å². The Labute approximate surface area is 68.6 Å². The van der Waals surface area contributed by atoms with Crippen LogP contribution in [0.4, 0.5) is 0 Å². The van der Waals surface area contributed by atoms with Crippen LogP contribution in [0.5, 0.6) is 0 Å². The highest BCUT2D eigenvalue weighted by Gasteiger charge is 1.76. The zero-order valence-electron chi connectivity index (χ0n) is 6.74. The van der Waals surface area contributed by atoms with Crippen LogP contribution in [0, 0.1) is 0 Å². The molecule has 0 aromatic heterocycles. The lowest BCUT2D eigenvalue weighted by Crippen LogP contribution is -1.63. The average molecular weight is 146 g/mol. The molecule has 0 heterocycles. The van der Waals surface area contributed by atoms with E-state index >= 15 is 0 Å². The minimum atomic E-state index is 1.06. The molecule has 1 aliphatic carbocycles. The Bertz CT molecular complexity index is 192. The van der Waals surface area contributed by atoms with Crippen LogP contribution in [0.3, 0.4) is 0 Å². The maximum Gasteiger partial charge on any atom is -0.0166 e. The van der Waals surface area contributed by atoms with Gasteiger partial charge in [0.25, 0.3) is 0 Å². The molecule has 0 unspecified atom stereocenters. The standard InChI is InChI=1S/C11H14/c1-2-4-6-8-10-11-9-7-5-3-1/h1-6,9,11H,7-8,10H2/b2-1-,5-3+,6-4?,11-9?. The van der Waals surface area contributed by atoms with Gasteiger partial charge in [0.2, 0.25) is 0 Å². The van der Waals surface area contributed by atoms with E-state index < -0.39 is 0 Å². The maximum atomic E-state index is 2.24. The lowest BCUT2D eigenvalue weighted by Gasteiger charge is -1.83. The molecule has 0 heteroatoms. The molecule has 0 aromatic carbocycles. The summed E-state index contributed by atoms with van der Waals surface area (Å²) in [6, 6.07) is 0. The van der Waals surface area contributed by atoms with Gasteiger partial charge in [0.1, 0.15) is 0 Å². The summed E-state index contributed by atoms with van der Waals surface area (Å²) in [5.74, 6) is 0. The molecule has 0 amide bonds. The maximum absolute atomic E-state index is 2.24. The molecule has 0 aromatic rings. The minimum absolute atomic E-state index is 1.06. The molecule has 0 spiro atoms. The predicted octanol–water partition coefficient (Wildman–Crippen LogP) is 3.40. The Morgan fingerprint density at radius 2 is 1.27 bits per heavy atom. The van der Waals surface area contributed by atoms with E-state index in [1.807, 2.05) is 0 Å². The number of hydrogen-bond donors (Lipinski definition) is 0. The molecule has 0 atom stereocenters. The monoisotopic (exact) mass is 146 g/mol. The summed E-state index contributed by atoms with van der Waals surface area (Å²) in [5, 5.41) is 0. The van der Waals surface area contributed by atoms with Crippen molar-refractivity contribution < 1.29 is 0 Å². The summed E-state index contributed by atoms with van der Waals surface area (Å²) < 4.78 is 0. The fourth-order valence-electron chi connectivity index (χ4n) is 0.945. The summed E-state index contributed by atoms with van der Waals surface area (Å²) in [4.78, 5) is 0. The van der Waals surface area contributed by atoms with Crippen molar-refractivity contribution >= 4 is 0 Å². The molecule has 0 nitrogen and oxygen atoms in total. The van der Waals surface area contributed by atoms with Gasteiger partial charge in [-0.2, -0.15) is 0 Å². The molecule has 11 heavy (non-hydrogen) atoms. The molecule has 0 N–H and O–H groups in total.